The molecule has 0 aromatic carbocycles. The normalized spacial score (nSPS) is 10.9. The van der Waals surface area contributed by atoms with Gasteiger partial charge in [-0.1, -0.05) is 56.8 Å². The zero-order chi connectivity index (χ0) is 14.3. The van der Waals surface area contributed by atoms with Crippen molar-refractivity contribution in [3.05, 3.63) is 0 Å². The summed E-state index contributed by atoms with van der Waals surface area (Å²) in [5.74, 6) is -0.213. The molecular weight excluding hydrogens is 257 g/mol. The lowest BCUT2D eigenvalue weighted by atomic mass is 10.1. The molecule has 0 radical (unpaired) electrons. The second-order valence-electron chi connectivity index (χ2n) is 4.23. The van der Waals surface area contributed by atoms with Crippen molar-refractivity contribution in [3.8, 4) is 0 Å². The molecule has 112 valence electrons. The lowest BCUT2D eigenvalue weighted by molar-refractivity contribution is 0.00288. The highest BCUT2D eigenvalue weighted by atomic mass is 32.2. The van der Waals surface area contributed by atoms with Crippen molar-refractivity contribution in [2.24, 2.45) is 5.73 Å². The third-order valence-electron chi connectivity index (χ3n) is 2.40. The molecular formula is C12H28FNO3S. The van der Waals surface area contributed by atoms with E-state index in [-0.39, 0.29) is 5.75 Å². The molecule has 0 aromatic rings. The molecule has 18 heavy (non-hydrogen) atoms. The van der Waals surface area contributed by atoms with Gasteiger partial charge in [-0.3, -0.25) is 0 Å². The van der Waals surface area contributed by atoms with E-state index < -0.39 is 10.1 Å². The third-order valence-corrected chi connectivity index (χ3v) is 3.38. The minimum Gasteiger partial charge on any atom is -0.330 e. The summed E-state index contributed by atoms with van der Waals surface area (Å²) >= 11 is 0. The molecule has 0 fully saturated rings. The van der Waals surface area contributed by atoms with Crippen molar-refractivity contribution in [1.82, 2.24) is 0 Å². The first kappa shape index (κ1) is 20.1. The first-order valence-corrected chi connectivity index (χ1v) is 8.34. The smallest absolute Gasteiger partial charge is 0.297 e. The predicted molar refractivity (Wildman–Crippen MR) is 73.3 cm³/mol. The average molecular weight is 285 g/mol. The molecule has 0 unspecified atom stereocenters. The number of rotatable bonds is 10. The summed E-state index contributed by atoms with van der Waals surface area (Å²) in [7, 11) is -3.88. The van der Waals surface area contributed by atoms with Crippen LogP contribution in [0.4, 0.5) is 4.53 Å². The van der Waals surface area contributed by atoms with Crippen molar-refractivity contribution in [3.63, 3.8) is 0 Å². The van der Waals surface area contributed by atoms with Crippen molar-refractivity contribution >= 4 is 10.1 Å². The van der Waals surface area contributed by atoms with Crippen molar-refractivity contribution < 1.29 is 17.3 Å². The van der Waals surface area contributed by atoms with Gasteiger partial charge in [-0.2, -0.15) is 8.42 Å². The summed E-state index contributed by atoms with van der Waals surface area (Å²) in [4.78, 5) is 0. The van der Waals surface area contributed by atoms with Gasteiger partial charge in [0.15, 0.2) is 0 Å². The van der Waals surface area contributed by atoms with E-state index in [2.05, 4.69) is 18.2 Å². The Bertz CT molecular complexity index is 244. The molecule has 2 N–H and O–H groups in total. The van der Waals surface area contributed by atoms with Crippen LogP contribution in [-0.4, -0.2) is 20.7 Å². The van der Waals surface area contributed by atoms with Gasteiger partial charge in [-0.05, 0) is 23.9 Å². The number of hydrogen-bond donors (Lipinski definition) is 1. The van der Waals surface area contributed by atoms with Gasteiger partial charge in [0.05, 0.1) is 5.75 Å². The third kappa shape index (κ3) is 18.2. The fourth-order valence-electron chi connectivity index (χ4n) is 1.29. The van der Waals surface area contributed by atoms with Gasteiger partial charge in [-0.15, -0.1) is 0 Å². The van der Waals surface area contributed by atoms with Gasteiger partial charge in [0.2, 0.25) is 0 Å². The van der Waals surface area contributed by atoms with Crippen molar-refractivity contribution in [2.45, 2.75) is 65.2 Å². The predicted octanol–water partition coefficient (Wildman–Crippen LogP) is 3.32. The molecule has 0 aliphatic rings. The zero-order valence-electron chi connectivity index (χ0n) is 11.7. The zero-order valence-corrected chi connectivity index (χ0v) is 12.5. The van der Waals surface area contributed by atoms with Crippen LogP contribution in [0.2, 0.25) is 0 Å². The fraction of sp³-hybridized carbons (Fsp3) is 1.00. The van der Waals surface area contributed by atoms with Crippen molar-refractivity contribution in [1.29, 1.82) is 0 Å². The number of nitrogens with two attached hydrogens (primary N) is 1. The lowest BCUT2D eigenvalue weighted by Gasteiger charge is -1.99. The quantitative estimate of drug-likeness (QED) is 0.625. The molecule has 0 amide bonds. The topological polar surface area (TPSA) is 69.4 Å². The van der Waals surface area contributed by atoms with E-state index in [0.717, 1.165) is 32.2 Å². The lowest BCUT2D eigenvalue weighted by Crippen LogP contribution is -2.05. The molecule has 0 saturated heterocycles. The molecule has 0 aromatic heterocycles. The van der Waals surface area contributed by atoms with Crippen LogP contribution in [0, 0.1) is 0 Å². The van der Waals surface area contributed by atoms with Gasteiger partial charge < -0.3 is 5.73 Å². The number of halogens is 1. The maximum absolute atomic E-state index is 11.3. The summed E-state index contributed by atoms with van der Waals surface area (Å²) in [6, 6.07) is 0. The molecule has 4 nitrogen and oxygen atoms in total. The first-order chi connectivity index (χ1) is 8.54. The Balaban J connectivity index is 0. The second kappa shape index (κ2) is 14.9. The second-order valence-corrected chi connectivity index (χ2v) is 5.88. The minimum absolute atomic E-state index is 0.213. The molecule has 0 heterocycles. The summed E-state index contributed by atoms with van der Waals surface area (Å²) in [5, 5.41) is 0. The Morgan fingerprint density at radius 3 is 1.83 bits per heavy atom. The van der Waals surface area contributed by atoms with Gasteiger partial charge in [-0.25, -0.2) is 0 Å². The van der Waals surface area contributed by atoms with Gasteiger partial charge in [0.25, 0.3) is 10.1 Å². The molecule has 0 saturated carbocycles. The molecule has 6 heteroatoms. The standard InChI is InChI=1S/C8H17FO3S.C4H11N/c1-2-3-4-5-6-7-8-13(10,11)12-9;1-2-3-4-5/h2-8H2,1H3;2-5H2,1H3. The SMILES string of the molecule is CCCCCCCCS(=O)(=O)OF.CCCCN. The van der Waals surface area contributed by atoms with Gasteiger partial charge >= 0.3 is 0 Å². The van der Waals surface area contributed by atoms with E-state index in [1.54, 1.807) is 0 Å². The van der Waals surface area contributed by atoms with Crippen LogP contribution < -0.4 is 5.73 Å². The molecule has 0 atom stereocenters. The van der Waals surface area contributed by atoms with E-state index in [0.29, 0.717) is 6.42 Å². The monoisotopic (exact) mass is 285 g/mol. The first-order valence-electron chi connectivity index (χ1n) is 6.77. The van der Waals surface area contributed by atoms with E-state index >= 15 is 0 Å². The van der Waals surface area contributed by atoms with E-state index in [9.17, 15) is 12.9 Å². The highest BCUT2D eigenvalue weighted by molar-refractivity contribution is 7.86. The van der Waals surface area contributed by atoms with Gasteiger partial charge in [0.1, 0.15) is 0 Å². The fourth-order valence-corrected chi connectivity index (χ4v) is 1.92. The average Bonchev–Trinajstić information content (AvgIpc) is 2.35. The molecule has 0 rings (SSSR count). The summed E-state index contributed by atoms with van der Waals surface area (Å²) in [6.07, 6.45) is 8.15. The van der Waals surface area contributed by atoms with Crippen LogP contribution in [0.5, 0.6) is 0 Å². The van der Waals surface area contributed by atoms with E-state index in [1.807, 2.05) is 0 Å². The largest absolute Gasteiger partial charge is 0.330 e. The molecule has 0 aliphatic carbocycles. The maximum atomic E-state index is 11.3. The van der Waals surface area contributed by atoms with E-state index in [1.165, 1.54) is 19.3 Å². The number of unbranched alkanes of at least 4 members (excludes halogenated alkanes) is 6. The summed E-state index contributed by atoms with van der Waals surface area (Å²) in [6.45, 7) is 5.09. The molecule has 0 spiro atoms. The van der Waals surface area contributed by atoms with Crippen LogP contribution in [-0.2, 0) is 14.5 Å². The van der Waals surface area contributed by atoms with E-state index in [4.69, 9.17) is 5.73 Å². The van der Waals surface area contributed by atoms with Crippen LogP contribution in [0.25, 0.3) is 0 Å². The van der Waals surface area contributed by atoms with Crippen LogP contribution >= 0.6 is 0 Å². The highest BCUT2D eigenvalue weighted by Crippen LogP contribution is 2.07. The minimum atomic E-state index is -3.88. The Labute approximate surface area is 111 Å². The van der Waals surface area contributed by atoms with Crippen LogP contribution in [0.1, 0.15) is 65.2 Å². The summed E-state index contributed by atoms with van der Waals surface area (Å²) in [5.41, 5.74) is 5.14. The summed E-state index contributed by atoms with van der Waals surface area (Å²) < 4.78 is 35.1. The van der Waals surface area contributed by atoms with Gasteiger partial charge in [0, 0.05) is 0 Å². The molecule has 0 bridgehead atoms. The Morgan fingerprint density at radius 2 is 1.44 bits per heavy atom. The number of hydrogen-bond acceptors (Lipinski definition) is 4. The van der Waals surface area contributed by atoms with Crippen LogP contribution in [0.3, 0.4) is 0 Å². The Morgan fingerprint density at radius 1 is 0.944 bits per heavy atom. The Hall–Kier alpha value is -0.200. The Kier molecular flexibility index (Phi) is 16.6. The van der Waals surface area contributed by atoms with Crippen molar-refractivity contribution in [2.75, 3.05) is 12.3 Å². The highest BCUT2D eigenvalue weighted by Gasteiger charge is 2.09. The van der Waals surface area contributed by atoms with Crippen LogP contribution in [0.15, 0.2) is 0 Å². The maximum Gasteiger partial charge on any atom is 0.297 e. The molecule has 0 aliphatic heterocycles.